The molecule has 24 heavy (non-hydrogen) atoms. The molecule has 0 radical (unpaired) electrons. The van der Waals surface area contributed by atoms with Gasteiger partial charge in [-0.3, -0.25) is 4.79 Å². The Morgan fingerprint density at radius 1 is 1.08 bits per heavy atom. The van der Waals surface area contributed by atoms with Gasteiger partial charge in [0.15, 0.2) is 0 Å². The normalized spacial score (nSPS) is 11.7. The quantitative estimate of drug-likeness (QED) is 0.492. The number of benzene rings is 2. The van der Waals surface area contributed by atoms with E-state index in [0.717, 1.165) is 5.56 Å². The van der Waals surface area contributed by atoms with E-state index in [2.05, 4.69) is 0 Å². The molecule has 116 valence electrons. The fraction of sp³-hybridized carbons (Fsp3) is 0.158. The molecule has 1 aromatic heterocycles. The van der Waals surface area contributed by atoms with Crippen LogP contribution in [-0.4, -0.2) is 5.78 Å². The first-order valence-corrected chi connectivity index (χ1v) is 7.35. The van der Waals surface area contributed by atoms with Crippen LogP contribution in [-0.2, 0) is 4.79 Å². The second-order valence-electron chi connectivity index (χ2n) is 5.50. The molecule has 0 fully saturated rings. The minimum atomic E-state index is -0.677. The molecule has 0 spiro atoms. The Balaban J connectivity index is 0.00000208. The Bertz CT molecular complexity index is 916. The van der Waals surface area contributed by atoms with Crippen LogP contribution in [0.3, 0.4) is 0 Å². The molecular weight excluding hydrogens is 331 g/mol. The third kappa shape index (κ3) is 3.87. The third-order valence-corrected chi connectivity index (χ3v) is 3.84. The molecule has 0 unspecified atom stereocenters. The van der Waals surface area contributed by atoms with Crippen LogP contribution in [0.2, 0.25) is 0 Å². The number of carbonyl (C=O) groups is 1. The van der Waals surface area contributed by atoms with Gasteiger partial charge in [0.25, 0.3) is 0 Å². The monoisotopic (exact) mass is 346 g/mol. The van der Waals surface area contributed by atoms with Crippen LogP contribution in [0.1, 0.15) is 30.4 Å². The molecular formula is C19H15KO4. The Morgan fingerprint density at radius 2 is 1.71 bits per heavy atom. The van der Waals surface area contributed by atoms with Crippen LogP contribution in [0.5, 0.6) is 5.75 Å². The first kappa shape index (κ1) is 19.1. The van der Waals surface area contributed by atoms with Crippen LogP contribution in [0.15, 0.2) is 63.8 Å². The van der Waals surface area contributed by atoms with Gasteiger partial charge in [-0.15, -0.1) is 0 Å². The number of hydrogen-bond donors (Lipinski definition) is 0. The van der Waals surface area contributed by atoms with Crippen molar-refractivity contribution in [2.45, 2.75) is 19.3 Å². The summed E-state index contributed by atoms with van der Waals surface area (Å²) in [5.41, 5.74) is 0.358. The van der Waals surface area contributed by atoms with Gasteiger partial charge in [-0.1, -0.05) is 54.3 Å². The van der Waals surface area contributed by atoms with Crippen molar-refractivity contribution in [3.63, 3.8) is 0 Å². The first-order valence-electron chi connectivity index (χ1n) is 7.35. The van der Waals surface area contributed by atoms with Gasteiger partial charge in [0, 0.05) is 23.3 Å². The summed E-state index contributed by atoms with van der Waals surface area (Å²) < 4.78 is 5.29. The van der Waals surface area contributed by atoms with E-state index in [1.165, 1.54) is 6.92 Å². The zero-order chi connectivity index (χ0) is 16.4. The van der Waals surface area contributed by atoms with E-state index in [0.29, 0.717) is 5.39 Å². The van der Waals surface area contributed by atoms with Crippen molar-refractivity contribution in [2.24, 2.45) is 0 Å². The molecule has 0 saturated heterocycles. The number of hydrogen-bond acceptors (Lipinski definition) is 4. The molecule has 5 heteroatoms. The largest absolute Gasteiger partial charge is 1.00 e. The summed E-state index contributed by atoms with van der Waals surface area (Å²) in [5.74, 6) is -1.06. The number of para-hydroxylation sites is 1. The number of ketones is 1. The van der Waals surface area contributed by atoms with Crippen LogP contribution >= 0.6 is 0 Å². The Labute approximate surface area is 181 Å². The third-order valence-electron chi connectivity index (χ3n) is 3.84. The summed E-state index contributed by atoms with van der Waals surface area (Å²) in [4.78, 5) is 24.0. The summed E-state index contributed by atoms with van der Waals surface area (Å²) in [7, 11) is 0. The molecule has 0 amide bonds. The zero-order valence-corrected chi connectivity index (χ0v) is 16.7. The van der Waals surface area contributed by atoms with E-state index in [1.54, 1.807) is 24.3 Å². The van der Waals surface area contributed by atoms with Crippen LogP contribution in [0, 0.1) is 0 Å². The summed E-state index contributed by atoms with van der Waals surface area (Å²) in [5, 5.41) is 13.1. The zero-order valence-electron chi connectivity index (χ0n) is 13.6. The van der Waals surface area contributed by atoms with Gasteiger partial charge in [0.05, 0.1) is 0 Å². The fourth-order valence-corrected chi connectivity index (χ4v) is 2.80. The molecule has 1 atom stereocenters. The molecule has 0 aliphatic carbocycles. The van der Waals surface area contributed by atoms with Crippen molar-refractivity contribution in [2.75, 3.05) is 0 Å². The van der Waals surface area contributed by atoms with E-state index in [-0.39, 0.29) is 80.5 Å². The summed E-state index contributed by atoms with van der Waals surface area (Å²) in [6, 6.07) is 15.7. The van der Waals surface area contributed by atoms with Crippen molar-refractivity contribution in [1.29, 1.82) is 0 Å². The van der Waals surface area contributed by atoms with Crippen LogP contribution in [0.4, 0.5) is 0 Å². The van der Waals surface area contributed by atoms with Gasteiger partial charge in [-0.25, -0.2) is 4.79 Å². The molecule has 0 saturated carbocycles. The maximum absolute atomic E-state index is 12.8. The molecule has 4 nitrogen and oxygen atoms in total. The molecule has 0 aliphatic rings. The van der Waals surface area contributed by atoms with Crippen molar-refractivity contribution in [3.8, 4) is 5.75 Å². The molecule has 1 heterocycles. The molecule has 0 bridgehead atoms. The fourth-order valence-electron chi connectivity index (χ4n) is 2.80. The van der Waals surface area contributed by atoms with Crippen LogP contribution in [0.25, 0.3) is 11.0 Å². The van der Waals surface area contributed by atoms with E-state index < -0.39 is 11.5 Å². The summed E-state index contributed by atoms with van der Waals surface area (Å²) >= 11 is 0. The predicted octanol–water partition coefficient (Wildman–Crippen LogP) is -0.0184. The van der Waals surface area contributed by atoms with Gasteiger partial charge < -0.3 is 9.52 Å². The van der Waals surface area contributed by atoms with Crippen molar-refractivity contribution in [3.05, 3.63) is 76.1 Å². The maximum atomic E-state index is 12.8. The van der Waals surface area contributed by atoms with E-state index in [4.69, 9.17) is 4.42 Å². The Kier molecular flexibility index (Phi) is 6.54. The van der Waals surface area contributed by atoms with Crippen molar-refractivity contribution < 1.29 is 65.7 Å². The first-order chi connectivity index (χ1) is 11.1. The summed E-state index contributed by atoms with van der Waals surface area (Å²) in [6.07, 6.45) is 0.0857. The number of rotatable bonds is 4. The van der Waals surface area contributed by atoms with Gasteiger partial charge >= 0.3 is 57.0 Å². The number of fused-ring (bicyclic) bond motifs is 1. The van der Waals surface area contributed by atoms with Crippen LogP contribution < -0.4 is 62.1 Å². The molecule has 0 N–H and O–H groups in total. The Morgan fingerprint density at radius 3 is 2.38 bits per heavy atom. The average molecular weight is 346 g/mol. The molecule has 3 aromatic rings. The van der Waals surface area contributed by atoms with E-state index >= 15 is 0 Å². The number of Topliss-reactive ketones (excluding diaryl/α,β-unsaturated/α-hetero) is 1. The van der Waals surface area contributed by atoms with Gasteiger partial charge in [-0.05, 0) is 18.6 Å². The Hall–Kier alpha value is -1.24. The molecule has 3 rings (SSSR count). The second kappa shape index (κ2) is 8.23. The van der Waals surface area contributed by atoms with Gasteiger partial charge in [0.1, 0.15) is 11.4 Å². The van der Waals surface area contributed by atoms with Crippen molar-refractivity contribution in [1.82, 2.24) is 0 Å². The van der Waals surface area contributed by atoms with Crippen molar-refractivity contribution >= 4 is 16.8 Å². The second-order valence-corrected chi connectivity index (χ2v) is 5.50. The minimum Gasteiger partial charge on any atom is -0.872 e. The topological polar surface area (TPSA) is 70.3 Å². The predicted molar refractivity (Wildman–Crippen MR) is 85.5 cm³/mol. The van der Waals surface area contributed by atoms with Gasteiger partial charge in [-0.2, -0.15) is 0 Å². The number of carbonyl (C=O) groups excluding carboxylic acids is 1. The SMILES string of the molecule is CC(=O)C[C@@H](c1ccccc1)c1c([O-])c2ccccc2oc1=O.[K+]. The van der Waals surface area contributed by atoms with E-state index in [1.807, 2.05) is 30.3 Å². The summed E-state index contributed by atoms with van der Waals surface area (Å²) in [6.45, 7) is 1.45. The molecule has 2 aromatic carbocycles. The average Bonchev–Trinajstić information content (AvgIpc) is 2.54. The van der Waals surface area contributed by atoms with E-state index in [9.17, 15) is 14.7 Å². The maximum Gasteiger partial charge on any atom is 1.00 e. The smallest absolute Gasteiger partial charge is 0.872 e. The van der Waals surface area contributed by atoms with Gasteiger partial charge in [0.2, 0.25) is 0 Å². The standard InChI is InChI=1S/C19H16O4.K/c1-12(20)11-15(13-7-3-2-4-8-13)17-18(21)14-9-5-6-10-16(14)23-19(17)22;/h2-10,15,21H,11H2,1H3;/q;+1/p-1/t15-;/m0./s1. The minimum absolute atomic E-state index is 0. The molecule has 0 aliphatic heterocycles.